The maximum absolute atomic E-state index is 12.0. The number of hydrogen-bond acceptors (Lipinski definition) is 4. The predicted octanol–water partition coefficient (Wildman–Crippen LogP) is 3.06. The Hall–Kier alpha value is -3.06. The number of carbonyl (C=O) groups is 2. The predicted molar refractivity (Wildman–Crippen MR) is 108 cm³/mol. The molecule has 2 rings (SSSR count). The highest BCUT2D eigenvalue weighted by Crippen LogP contribution is 2.14. The number of hydrogen-bond donors (Lipinski definition) is 3. The fourth-order valence-electron chi connectivity index (χ4n) is 2.50. The first kappa shape index (κ1) is 21.2. The van der Waals surface area contributed by atoms with Crippen LogP contribution >= 0.6 is 0 Å². The molecule has 0 aliphatic heterocycles. The summed E-state index contributed by atoms with van der Waals surface area (Å²) >= 11 is 0. The summed E-state index contributed by atoms with van der Waals surface area (Å²) in [6.45, 7) is 3.79. The van der Waals surface area contributed by atoms with Crippen LogP contribution in [0.15, 0.2) is 48.5 Å². The van der Waals surface area contributed by atoms with E-state index in [1.807, 2.05) is 31.2 Å². The van der Waals surface area contributed by atoms with Crippen molar-refractivity contribution in [2.45, 2.75) is 26.5 Å². The van der Waals surface area contributed by atoms with Crippen molar-refractivity contribution in [3.63, 3.8) is 0 Å². The van der Waals surface area contributed by atoms with Crippen molar-refractivity contribution in [3.8, 4) is 5.75 Å². The molecule has 7 heteroatoms. The summed E-state index contributed by atoms with van der Waals surface area (Å²) in [7, 11) is 1.58. The van der Waals surface area contributed by atoms with E-state index in [0.29, 0.717) is 31.2 Å². The van der Waals surface area contributed by atoms with Crippen LogP contribution in [0.2, 0.25) is 0 Å². The molecule has 0 saturated carbocycles. The lowest BCUT2D eigenvalue weighted by atomic mass is 10.1. The third-order valence-corrected chi connectivity index (χ3v) is 4.04. The van der Waals surface area contributed by atoms with Gasteiger partial charge in [0, 0.05) is 31.8 Å². The van der Waals surface area contributed by atoms with Gasteiger partial charge in [0.2, 0.25) is 5.91 Å². The van der Waals surface area contributed by atoms with E-state index in [4.69, 9.17) is 9.47 Å². The molecule has 2 aromatic carbocycles. The van der Waals surface area contributed by atoms with Crippen LogP contribution in [0.1, 0.15) is 24.5 Å². The quantitative estimate of drug-likeness (QED) is 0.586. The second kappa shape index (κ2) is 11.6. The molecule has 0 radical (unpaired) electrons. The third kappa shape index (κ3) is 7.28. The van der Waals surface area contributed by atoms with Crippen LogP contribution < -0.4 is 20.7 Å². The monoisotopic (exact) mass is 385 g/mol. The van der Waals surface area contributed by atoms with Crippen molar-refractivity contribution in [3.05, 3.63) is 59.7 Å². The Kier molecular flexibility index (Phi) is 8.81. The highest BCUT2D eigenvalue weighted by molar-refractivity contribution is 5.89. The molecule has 0 saturated heterocycles. The molecule has 0 aliphatic rings. The van der Waals surface area contributed by atoms with E-state index in [-0.39, 0.29) is 24.9 Å². The molecule has 0 heterocycles. The third-order valence-electron chi connectivity index (χ3n) is 4.04. The summed E-state index contributed by atoms with van der Waals surface area (Å²) in [5.74, 6) is 0.585. The fraction of sp³-hybridized carbons (Fsp3) is 0.333. The lowest BCUT2D eigenvalue weighted by Crippen LogP contribution is -2.33. The normalized spacial score (nSPS) is 10.2. The Morgan fingerprint density at radius 3 is 2.36 bits per heavy atom. The average Bonchev–Trinajstić information content (AvgIpc) is 2.72. The lowest BCUT2D eigenvalue weighted by Gasteiger charge is -2.11. The zero-order chi connectivity index (χ0) is 20.2. The van der Waals surface area contributed by atoms with Crippen LogP contribution in [0.5, 0.6) is 5.75 Å². The summed E-state index contributed by atoms with van der Waals surface area (Å²) in [4.78, 5) is 23.9. The lowest BCUT2D eigenvalue weighted by molar-refractivity contribution is -0.121. The Bertz CT molecular complexity index is 763. The standard InChI is InChI=1S/C21H27N3O4/c1-3-28-15-17-7-5-4-6-16(17)14-23-20(25)12-13-22-21(26)24-18-8-10-19(27-2)11-9-18/h4-11H,3,12-15H2,1-2H3,(H,23,25)(H2,22,24,26). The van der Waals surface area contributed by atoms with E-state index in [2.05, 4.69) is 16.0 Å². The number of methoxy groups -OCH3 is 1. The average molecular weight is 385 g/mol. The van der Waals surface area contributed by atoms with Gasteiger partial charge >= 0.3 is 6.03 Å². The van der Waals surface area contributed by atoms with Gasteiger partial charge in [0.25, 0.3) is 0 Å². The minimum atomic E-state index is -0.361. The molecule has 0 bridgehead atoms. The molecule has 150 valence electrons. The number of benzene rings is 2. The molecule has 0 spiro atoms. The van der Waals surface area contributed by atoms with E-state index in [0.717, 1.165) is 11.1 Å². The van der Waals surface area contributed by atoms with Gasteiger partial charge in [-0.3, -0.25) is 4.79 Å². The summed E-state index contributed by atoms with van der Waals surface area (Å²) in [6.07, 6.45) is 0.198. The van der Waals surface area contributed by atoms with E-state index >= 15 is 0 Å². The first-order chi connectivity index (χ1) is 13.6. The molecule has 7 nitrogen and oxygen atoms in total. The SMILES string of the molecule is CCOCc1ccccc1CNC(=O)CCNC(=O)Nc1ccc(OC)cc1. The van der Waals surface area contributed by atoms with Crippen LogP contribution in [0, 0.1) is 0 Å². The number of amides is 3. The number of anilines is 1. The Morgan fingerprint density at radius 2 is 1.68 bits per heavy atom. The van der Waals surface area contributed by atoms with Gasteiger partial charge in [-0.05, 0) is 42.3 Å². The van der Waals surface area contributed by atoms with Gasteiger partial charge in [0.15, 0.2) is 0 Å². The van der Waals surface area contributed by atoms with E-state index < -0.39 is 0 Å². The van der Waals surface area contributed by atoms with Crippen LogP contribution in [0.4, 0.5) is 10.5 Å². The molecule has 0 fully saturated rings. The topological polar surface area (TPSA) is 88.7 Å². The van der Waals surface area contributed by atoms with Crippen molar-refractivity contribution < 1.29 is 19.1 Å². The molecular weight excluding hydrogens is 358 g/mol. The number of rotatable bonds is 10. The maximum atomic E-state index is 12.0. The van der Waals surface area contributed by atoms with Crippen LogP contribution in [0.3, 0.4) is 0 Å². The van der Waals surface area contributed by atoms with Gasteiger partial charge in [-0.25, -0.2) is 4.79 Å². The van der Waals surface area contributed by atoms with Crippen molar-refractivity contribution in [2.75, 3.05) is 25.6 Å². The van der Waals surface area contributed by atoms with Gasteiger partial charge in [-0.15, -0.1) is 0 Å². The number of nitrogens with one attached hydrogen (secondary N) is 3. The Labute approximate surface area is 165 Å². The Morgan fingerprint density at radius 1 is 0.964 bits per heavy atom. The maximum Gasteiger partial charge on any atom is 0.319 e. The van der Waals surface area contributed by atoms with Gasteiger partial charge in [0.1, 0.15) is 5.75 Å². The minimum absolute atomic E-state index is 0.129. The summed E-state index contributed by atoms with van der Waals surface area (Å²) in [6, 6.07) is 14.5. The Balaban J connectivity index is 1.69. The first-order valence-electron chi connectivity index (χ1n) is 9.22. The zero-order valence-electron chi connectivity index (χ0n) is 16.3. The molecule has 28 heavy (non-hydrogen) atoms. The van der Waals surface area contributed by atoms with Crippen molar-refractivity contribution in [1.29, 1.82) is 0 Å². The van der Waals surface area contributed by atoms with Gasteiger partial charge in [0.05, 0.1) is 13.7 Å². The van der Waals surface area contributed by atoms with Crippen LogP contribution in [-0.4, -0.2) is 32.2 Å². The number of carbonyl (C=O) groups excluding carboxylic acids is 2. The summed E-state index contributed by atoms with van der Waals surface area (Å²) in [5, 5.41) is 8.24. The molecular formula is C21H27N3O4. The van der Waals surface area contributed by atoms with Crippen LogP contribution in [-0.2, 0) is 22.7 Å². The van der Waals surface area contributed by atoms with Crippen molar-refractivity contribution >= 4 is 17.6 Å². The van der Waals surface area contributed by atoms with E-state index in [1.165, 1.54) is 0 Å². The molecule has 2 aromatic rings. The minimum Gasteiger partial charge on any atom is -0.497 e. The molecule has 0 aromatic heterocycles. The van der Waals surface area contributed by atoms with E-state index in [9.17, 15) is 9.59 Å². The number of urea groups is 1. The van der Waals surface area contributed by atoms with E-state index in [1.54, 1.807) is 31.4 Å². The fourth-order valence-corrected chi connectivity index (χ4v) is 2.50. The highest BCUT2D eigenvalue weighted by atomic mass is 16.5. The van der Waals surface area contributed by atoms with Gasteiger partial charge in [-0.2, -0.15) is 0 Å². The van der Waals surface area contributed by atoms with Gasteiger partial charge in [-0.1, -0.05) is 24.3 Å². The molecule has 3 N–H and O–H groups in total. The van der Waals surface area contributed by atoms with Crippen molar-refractivity contribution in [2.24, 2.45) is 0 Å². The van der Waals surface area contributed by atoms with Gasteiger partial charge < -0.3 is 25.4 Å². The van der Waals surface area contributed by atoms with Crippen LogP contribution in [0.25, 0.3) is 0 Å². The molecule has 0 atom stereocenters. The first-order valence-corrected chi connectivity index (χ1v) is 9.22. The van der Waals surface area contributed by atoms with Crippen molar-refractivity contribution in [1.82, 2.24) is 10.6 Å². The number of ether oxygens (including phenoxy) is 2. The molecule has 0 unspecified atom stereocenters. The zero-order valence-corrected chi connectivity index (χ0v) is 16.3. The second-order valence-corrected chi connectivity index (χ2v) is 6.04. The molecule has 0 aliphatic carbocycles. The molecule has 3 amide bonds. The second-order valence-electron chi connectivity index (χ2n) is 6.04. The summed E-state index contributed by atoms with van der Waals surface area (Å²) in [5.41, 5.74) is 2.73. The highest BCUT2D eigenvalue weighted by Gasteiger charge is 2.07. The summed E-state index contributed by atoms with van der Waals surface area (Å²) < 4.78 is 10.5. The largest absolute Gasteiger partial charge is 0.497 e. The smallest absolute Gasteiger partial charge is 0.319 e.